The molecule has 19 heavy (non-hydrogen) atoms. The van der Waals surface area contributed by atoms with Crippen molar-refractivity contribution < 1.29 is 4.79 Å². The van der Waals surface area contributed by atoms with Crippen molar-refractivity contribution in [2.45, 2.75) is 19.4 Å². The summed E-state index contributed by atoms with van der Waals surface area (Å²) in [6.45, 7) is 4.08. The number of rotatable bonds is 2. The number of carbonyl (C=O) groups is 1. The molecule has 2 atom stereocenters. The van der Waals surface area contributed by atoms with Crippen LogP contribution in [-0.2, 0) is 0 Å². The van der Waals surface area contributed by atoms with Gasteiger partial charge in [0.2, 0.25) is 0 Å². The van der Waals surface area contributed by atoms with Crippen LogP contribution in [0.2, 0.25) is 5.02 Å². The number of amides is 1. The topological polar surface area (TPSA) is 41.1 Å². The van der Waals surface area contributed by atoms with Crippen LogP contribution in [0.25, 0.3) is 0 Å². The maximum absolute atomic E-state index is 12.1. The molecule has 1 heterocycles. The minimum absolute atomic E-state index is 0. The first-order valence-electron chi connectivity index (χ1n) is 6.04. The van der Waals surface area contributed by atoms with Crippen LogP contribution in [0.15, 0.2) is 18.2 Å². The fourth-order valence-electron chi connectivity index (χ4n) is 2.12. The summed E-state index contributed by atoms with van der Waals surface area (Å²) in [5.41, 5.74) is 0.675. The third-order valence-corrected chi connectivity index (χ3v) is 4.82. The summed E-state index contributed by atoms with van der Waals surface area (Å²) in [7, 11) is 0. The van der Waals surface area contributed by atoms with Gasteiger partial charge >= 0.3 is 0 Å². The smallest absolute Gasteiger partial charge is 0.251 e. The molecule has 1 saturated heterocycles. The molecule has 1 fully saturated rings. The molecule has 1 aromatic rings. The van der Waals surface area contributed by atoms with E-state index in [0.717, 1.165) is 23.1 Å². The predicted molar refractivity (Wildman–Crippen MR) is 89.3 cm³/mol. The van der Waals surface area contributed by atoms with Gasteiger partial charge in [0.15, 0.2) is 0 Å². The van der Waals surface area contributed by atoms with Crippen LogP contribution in [0, 0.1) is 9.49 Å². The number of carbonyl (C=O) groups excluding carboxylic acids is 1. The molecule has 6 heteroatoms. The highest BCUT2D eigenvalue weighted by molar-refractivity contribution is 14.1. The molecule has 0 spiro atoms. The first-order valence-corrected chi connectivity index (χ1v) is 7.50. The average Bonchev–Trinajstić information content (AvgIpc) is 2.35. The van der Waals surface area contributed by atoms with Crippen molar-refractivity contribution in [2.75, 3.05) is 13.1 Å². The Morgan fingerprint density at radius 3 is 2.89 bits per heavy atom. The third kappa shape index (κ3) is 4.48. The second-order valence-corrected chi connectivity index (χ2v) is 6.25. The standard InChI is InChI=1S/C13H16ClIN2O.ClH/c1-8-7-16-5-4-12(8)17-13(18)9-2-3-10(14)11(15)6-9;/h2-3,6,8,12,16H,4-5,7H2,1H3,(H,17,18);1H. The van der Waals surface area contributed by atoms with E-state index in [-0.39, 0.29) is 24.4 Å². The van der Waals surface area contributed by atoms with Crippen molar-refractivity contribution in [2.24, 2.45) is 5.92 Å². The number of nitrogens with one attached hydrogen (secondary N) is 2. The number of piperidine rings is 1. The van der Waals surface area contributed by atoms with E-state index < -0.39 is 0 Å². The summed E-state index contributed by atoms with van der Waals surface area (Å²) < 4.78 is 0.903. The van der Waals surface area contributed by atoms with Crippen molar-refractivity contribution in [1.29, 1.82) is 0 Å². The molecule has 0 aliphatic carbocycles. The Bertz CT molecular complexity index is 456. The molecule has 2 rings (SSSR count). The zero-order chi connectivity index (χ0) is 13.1. The molecular weight excluding hydrogens is 398 g/mol. The second-order valence-electron chi connectivity index (χ2n) is 4.68. The molecule has 1 aromatic carbocycles. The van der Waals surface area contributed by atoms with Crippen molar-refractivity contribution in [1.82, 2.24) is 10.6 Å². The number of hydrogen-bond donors (Lipinski definition) is 2. The van der Waals surface area contributed by atoms with Gasteiger partial charge in [-0.05, 0) is 66.2 Å². The first kappa shape index (κ1) is 17.0. The van der Waals surface area contributed by atoms with E-state index >= 15 is 0 Å². The van der Waals surface area contributed by atoms with E-state index in [1.807, 2.05) is 6.07 Å². The largest absolute Gasteiger partial charge is 0.349 e. The van der Waals surface area contributed by atoms with Crippen molar-refractivity contribution >= 4 is 52.5 Å². The minimum Gasteiger partial charge on any atom is -0.349 e. The van der Waals surface area contributed by atoms with Crippen LogP contribution in [-0.4, -0.2) is 25.0 Å². The third-order valence-electron chi connectivity index (χ3n) is 3.28. The van der Waals surface area contributed by atoms with Crippen molar-refractivity contribution in [3.8, 4) is 0 Å². The van der Waals surface area contributed by atoms with Crippen LogP contribution in [0.3, 0.4) is 0 Å². The monoisotopic (exact) mass is 414 g/mol. The summed E-state index contributed by atoms with van der Waals surface area (Å²) >= 11 is 8.09. The van der Waals surface area contributed by atoms with Crippen LogP contribution in [0.5, 0.6) is 0 Å². The van der Waals surface area contributed by atoms with Gasteiger partial charge in [0.25, 0.3) is 5.91 Å². The zero-order valence-corrected chi connectivity index (χ0v) is 14.3. The zero-order valence-electron chi connectivity index (χ0n) is 10.6. The molecule has 1 aliphatic rings. The van der Waals surface area contributed by atoms with Gasteiger partial charge in [-0.3, -0.25) is 4.79 Å². The fraction of sp³-hybridized carbons (Fsp3) is 0.462. The van der Waals surface area contributed by atoms with Gasteiger partial charge in [0.05, 0.1) is 5.02 Å². The van der Waals surface area contributed by atoms with Crippen molar-refractivity contribution in [3.63, 3.8) is 0 Å². The van der Waals surface area contributed by atoms with Gasteiger partial charge in [-0.15, -0.1) is 12.4 Å². The Hall–Kier alpha value is -0.0400. The highest BCUT2D eigenvalue weighted by Crippen LogP contribution is 2.20. The Labute approximate surface area is 138 Å². The molecule has 3 nitrogen and oxygen atoms in total. The lowest BCUT2D eigenvalue weighted by atomic mass is 9.95. The van der Waals surface area contributed by atoms with Gasteiger partial charge in [0.1, 0.15) is 0 Å². The molecule has 0 bridgehead atoms. The maximum Gasteiger partial charge on any atom is 0.251 e. The number of benzene rings is 1. The van der Waals surface area contributed by atoms with Gasteiger partial charge in [0, 0.05) is 15.2 Å². The molecular formula is C13H17Cl2IN2O. The lowest BCUT2D eigenvalue weighted by Gasteiger charge is -2.30. The van der Waals surface area contributed by atoms with Gasteiger partial charge in [-0.25, -0.2) is 0 Å². The predicted octanol–water partition coefficient (Wildman–Crippen LogP) is 3.09. The minimum atomic E-state index is -0.0108. The average molecular weight is 415 g/mol. The quantitative estimate of drug-likeness (QED) is 0.730. The Balaban J connectivity index is 0.00000180. The van der Waals surface area contributed by atoms with Crippen LogP contribution >= 0.6 is 46.6 Å². The summed E-state index contributed by atoms with van der Waals surface area (Å²) in [5, 5.41) is 7.11. The van der Waals surface area contributed by atoms with Crippen LogP contribution in [0.4, 0.5) is 0 Å². The molecule has 106 valence electrons. The highest BCUT2D eigenvalue weighted by atomic mass is 127. The molecule has 1 amide bonds. The van der Waals surface area contributed by atoms with E-state index in [2.05, 4.69) is 40.1 Å². The molecule has 1 aliphatic heterocycles. The molecule has 0 aromatic heterocycles. The summed E-state index contributed by atoms with van der Waals surface area (Å²) in [4.78, 5) is 12.1. The molecule has 2 N–H and O–H groups in total. The molecule has 0 saturated carbocycles. The van der Waals surface area contributed by atoms with E-state index in [1.54, 1.807) is 12.1 Å². The van der Waals surface area contributed by atoms with Crippen LogP contribution < -0.4 is 10.6 Å². The summed E-state index contributed by atoms with van der Waals surface area (Å²) in [6, 6.07) is 5.62. The fourth-order valence-corrected chi connectivity index (χ4v) is 2.75. The highest BCUT2D eigenvalue weighted by Gasteiger charge is 2.23. The van der Waals surface area contributed by atoms with E-state index in [1.165, 1.54) is 0 Å². The SMILES string of the molecule is CC1CNCCC1NC(=O)c1ccc(Cl)c(I)c1.Cl. The Morgan fingerprint density at radius 2 is 2.26 bits per heavy atom. The van der Waals surface area contributed by atoms with Crippen molar-refractivity contribution in [3.05, 3.63) is 32.4 Å². The Kier molecular flexibility index (Phi) is 6.86. The van der Waals surface area contributed by atoms with Gasteiger partial charge in [-0.2, -0.15) is 0 Å². The number of hydrogen-bond acceptors (Lipinski definition) is 2. The summed E-state index contributed by atoms with van der Waals surface area (Å²) in [5.74, 6) is 0.456. The molecule has 2 unspecified atom stereocenters. The summed E-state index contributed by atoms with van der Waals surface area (Å²) in [6.07, 6.45) is 0.984. The van der Waals surface area contributed by atoms with E-state index in [0.29, 0.717) is 16.5 Å². The normalized spacial score (nSPS) is 22.5. The first-order chi connectivity index (χ1) is 8.58. The van der Waals surface area contributed by atoms with Gasteiger partial charge in [-0.1, -0.05) is 18.5 Å². The Morgan fingerprint density at radius 1 is 1.53 bits per heavy atom. The van der Waals surface area contributed by atoms with Crippen LogP contribution in [0.1, 0.15) is 23.7 Å². The van der Waals surface area contributed by atoms with E-state index in [4.69, 9.17) is 11.6 Å². The molecule has 0 radical (unpaired) electrons. The van der Waals surface area contributed by atoms with Gasteiger partial charge < -0.3 is 10.6 Å². The lowest BCUT2D eigenvalue weighted by Crippen LogP contribution is -2.48. The lowest BCUT2D eigenvalue weighted by molar-refractivity contribution is 0.0914. The second kappa shape index (κ2) is 7.67. The maximum atomic E-state index is 12.1. The number of halogens is 3. The van der Waals surface area contributed by atoms with E-state index in [9.17, 15) is 4.79 Å².